The molecule has 0 unspecified atom stereocenters. The van der Waals surface area contributed by atoms with Crippen molar-refractivity contribution < 1.29 is 14.0 Å². The lowest BCUT2D eigenvalue weighted by atomic mass is 10.1. The lowest BCUT2D eigenvalue weighted by Gasteiger charge is -2.23. The predicted molar refractivity (Wildman–Crippen MR) is 118 cm³/mol. The molecule has 1 aliphatic rings. The van der Waals surface area contributed by atoms with Crippen LogP contribution in [0.25, 0.3) is 0 Å². The lowest BCUT2D eigenvalue weighted by Crippen LogP contribution is -2.34. The summed E-state index contributed by atoms with van der Waals surface area (Å²) in [6.07, 6.45) is 2.42. The quantitative estimate of drug-likeness (QED) is 0.594. The van der Waals surface area contributed by atoms with Crippen LogP contribution in [0.1, 0.15) is 46.2 Å². The molecule has 4 rings (SSSR count). The van der Waals surface area contributed by atoms with Gasteiger partial charge < -0.3 is 15.5 Å². The van der Waals surface area contributed by atoms with Gasteiger partial charge in [-0.05, 0) is 49.1 Å². The third-order valence-electron chi connectivity index (χ3n) is 5.16. The molecule has 2 heterocycles. The van der Waals surface area contributed by atoms with E-state index in [1.807, 2.05) is 31.2 Å². The molecular weight excluding hydrogens is 417 g/mol. The number of urea groups is 1. The molecule has 0 radical (unpaired) electrons. The van der Waals surface area contributed by atoms with Crippen LogP contribution in [0.2, 0.25) is 0 Å². The summed E-state index contributed by atoms with van der Waals surface area (Å²) in [5.74, 6) is -0.895. The van der Waals surface area contributed by atoms with Crippen LogP contribution in [0, 0.1) is 5.82 Å². The normalized spacial score (nSPS) is 15.7. The highest BCUT2D eigenvalue weighted by Crippen LogP contribution is 2.34. The standard InChI is InChI=1S/C22H22FN5O2S/c1-2-14-7-3-4-10-17(14)25-22(30)28-12-6-11-18(28)20-26-27-21(31-20)19(29)24-16-9-5-8-15(23)13-16/h3-5,7-10,13,18H,2,6,11-12H2,1H3,(H,24,29)(H,25,30)/t18-/m1/s1. The molecule has 1 atom stereocenters. The summed E-state index contributed by atoms with van der Waals surface area (Å²) in [5.41, 5.74) is 2.21. The molecule has 1 aliphatic heterocycles. The molecule has 1 saturated heterocycles. The molecule has 160 valence electrons. The second-order valence-corrected chi connectivity index (χ2v) is 8.21. The number of hydrogen-bond donors (Lipinski definition) is 2. The molecule has 3 aromatic rings. The maximum Gasteiger partial charge on any atom is 0.322 e. The van der Waals surface area contributed by atoms with E-state index in [0.29, 0.717) is 17.2 Å². The zero-order valence-corrected chi connectivity index (χ0v) is 17.8. The van der Waals surface area contributed by atoms with Crippen LogP contribution in [0.4, 0.5) is 20.6 Å². The van der Waals surface area contributed by atoms with Gasteiger partial charge in [-0.3, -0.25) is 4.79 Å². The van der Waals surface area contributed by atoms with E-state index < -0.39 is 11.7 Å². The van der Waals surface area contributed by atoms with Gasteiger partial charge in [-0.25, -0.2) is 9.18 Å². The number of likely N-dealkylation sites (tertiary alicyclic amines) is 1. The van der Waals surface area contributed by atoms with Crippen LogP contribution >= 0.6 is 11.3 Å². The number of nitrogens with one attached hydrogen (secondary N) is 2. The minimum Gasteiger partial charge on any atom is -0.320 e. The fourth-order valence-electron chi connectivity index (χ4n) is 3.62. The Balaban J connectivity index is 1.46. The highest BCUT2D eigenvalue weighted by Gasteiger charge is 2.33. The van der Waals surface area contributed by atoms with Crippen LogP contribution in [0.15, 0.2) is 48.5 Å². The number of carbonyl (C=O) groups is 2. The molecule has 2 N–H and O–H groups in total. The Labute approximate surface area is 183 Å². The largest absolute Gasteiger partial charge is 0.322 e. The minimum atomic E-state index is -0.458. The van der Waals surface area contributed by atoms with E-state index in [1.165, 1.54) is 18.2 Å². The Morgan fingerprint density at radius 2 is 2.00 bits per heavy atom. The molecule has 0 spiro atoms. The summed E-state index contributed by atoms with van der Waals surface area (Å²) < 4.78 is 13.3. The summed E-state index contributed by atoms with van der Waals surface area (Å²) in [7, 11) is 0. The SMILES string of the molecule is CCc1ccccc1NC(=O)N1CCC[C@@H]1c1nnc(C(=O)Nc2cccc(F)c2)s1. The monoisotopic (exact) mass is 439 g/mol. The van der Waals surface area contributed by atoms with Crippen molar-refractivity contribution >= 4 is 34.6 Å². The number of nitrogens with zero attached hydrogens (tertiary/aromatic N) is 3. The van der Waals surface area contributed by atoms with E-state index in [2.05, 4.69) is 20.8 Å². The molecule has 1 fully saturated rings. The molecule has 0 aliphatic carbocycles. The number of halogens is 1. The van der Waals surface area contributed by atoms with Crippen molar-refractivity contribution in [3.8, 4) is 0 Å². The predicted octanol–water partition coefficient (Wildman–Crippen LogP) is 4.86. The van der Waals surface area contributed by atoms with Crippen molar-refractivity contribution in [2.75, 3.05) is 17.2 Å². The number of aryl methyl sites for hydroxylation is 1. The Hall–Kier alpha value is -3.33. The molecule has 1 aromatic heterocycles. The van der Waals surface area contributed by atoms with Gasteiger partial charge in [0.1, 0.15) is 10.8 Å². The number of carbonyl (C=O) groups excluding carboxylic acids is 2. The van der Waals surface area contributed by atoms with Gasteiger partial charge in [0, 0.05) is 17.9 Å². The Kier molecular flexibility index (Phi) is 6.22. The molecule has 7 nitrogen and oxygen atoms in total. The number of anilines is 2. The van der Waals surface area contributed by atoms with Crippen LogP contribution in [0.3, 0.4) is 0 Å². The summed E-state index contributed by atoms with van der Waals surface area (Å²) in [6, 6.07) is 12.9. The maximum absolute atomic E-state index is 13.3. The van der Waals surface area contributed by atoms with Gasteiger partial charge in [-0.2, -0.15) is 0 Å². The van der Waals surface area contributed by atoms with Gasteiger partial charge in [0.05, 0.1) is 6.04 Å². The Bertz CT molecular complexity index is 1100. The fraction of sp³-hybridized carbons (Fsp3) is 0.273. The third kappa shape index (κ3) is 4.72. The zero-order chi connectivity index (χ0) is 21.8. The van der Waals surface area contributed by atoms with Crippen molar-refractivity contribution in [2.24, 2.45) is 0 Å². The smallest absolute Gasteiger partial charge is 0.320 e. The number of amides is 3. The molecule has 9 heteroatoms. The van der Waals surface area contributed by atoms with Gasteiger partial charge in [0.15, 0.2) is 0 Å². The van der Waals surface area contributed by atoms with Gasteiger partial charge >= 0.3 is 6.03 Å². The van der Waals surface area contributed by atoms with E-state index in [-0.39, 0.29) is 17.1 Å². The first-order valence-electron chi connectivity index (χ1n) is 10.1. The maximum atomic E-state index is 13.3. The fourth-order valence-corrected chi connectivity index (χ4v) is 4.50. The van der Waals surface area contributed by atoms with Gasteiger partial charge in [0.25, 0.3) is 5.91 Å². The highest BCUT2D eigenvalue weighted by molar-refractivity contribution is 7.13. The first kappa shape index (κ1) is 20.9. The van der Waals surface area contributed by atoms with Crippen molar-refractivity contribution in [1.82, 2.24) is 15.1 Å². The highest BCUT2D eigenvalue weighted by atomic mass is 32.1. The Morgan fingerprint density at radius 3 is 2.81 bits per heavy atom. The van der Waals surface area contributed by atoms with E-state index in [4.69, 9.17) is 0 Å². The second kappa shape index (κ2) is 9.22. The lowest BCUT2D eigenvalue weighted by molar-refractivity contribution is 0.102. The average molecular weight is 440 g/mol. The van der Waals surface area contributed by atoms with Crippen LogP contribution in [-0.4, -0.2) is 33.6 Å². The van der Waals surface area contributed by atoms with Crippen LogP contribution in [0.5, 0.6) is 0 Å². The minimum absolute atomic E-state index is 0.169. The molecular formula is C22H22FN5O2S. The molecule has 0 bridgehead atoms. The third-order valence-corrected chi connectivity index (χ3v) is 6.18. The average Bonchev–Trinajstić information content (AvgIpc) is 3.44. The van der Waals surface area contributed by atoms with Gasteiger partial charge in [-0.1, -0.05) is 42.5 Å². The summed E-state index contributed by atoms with van der Waals surface area (Å²) in [4.78, 5) is 27.1. The van der Waals surface area contributed by atoms with Gasteiger partial charge in [-0.15, -0.1) is 10.2 Å². The Morgan fingerprint density at radius 1 is 1.16 bits per heavy atom. The second-order valence-electron chi connectivity index (χ2n) is 7.20. The van der Waals surface area contributed by atoms with E-state index >= 15 is 0 Å². The van der Waals surface area contributed by atoms with Crippen LogP contribution in [-0.2, 0) is 6.42 Å². The number of hydrogen-bond acceptors (Lipinski definition) is 5. The van der Waals surface area contributed by atoms with E-state index in [1.54, 1.807) is 11.0 Å². The van der Waals surface area contributed by atoms with E-state index in [9.17, 15) is 14.0 Å². The number of para-hydroxylation sites is 1. The molecule has 0 saturated carbocycles. The first-order chi connectivity index (χ1) is 15.0. The zero-order valence-electron chi connectivity index (χ0n) is 17.0. The summed E-state index contributed by atoms with van der Waals surface area (Å²) in [5, 5.41) is 14.6. The number of aromatic nitrogens is 2. The van der Waals surface area contributed by atoms with Crippen molar-refractivity contribution in [3.63, 3.8) is 0 Å². The van der Waals surface area contributed by atoms with Crippen molar-refractivity contribution in [1.29, 1.82) is 0 Å². The van der Waals surface area contributed by atoms with Crippen molar-refractivity contribution in [2.45, 2.75) is 32.2 Å². The van der Waals surface area contributed by atoms with E-state index in [0.717, 1.165) is 41.9 Å². The summed E-state index contributed by atoms with van der Waals surface area (Å²) >= 11 is 1.15. The summed E-state index contributed by atoms with van der Waals surface area (Å²) in [6.45, 7) is 2.65. The number of rotatable bonds is 5. The topological polar surface area (TPSA) is 87.2 Å². The van der Waals surface area contributed by atoms with Crippen LogP contribution < -0.4 is 10.6 Å². The first-order valence-corrected chi connectivity index (χ1v) is 10.9. The van der Waals surface area contributed by atoms with Crippen molar-refractivity contribution in [3.05, 3.63) is 69.9 Å². The molecule has 31 heavy (non-hydrogen) atoms. The number of benzene rings is 2. The van der Waals surface area contributed by atoms with Gasteiger partial charge in [0.2, 0.25) is 5.01 Å². The molecule has 3 amide bonds. The molecule has 2 aromatic carbocycles.